The minimum absolute atomic E-state index is 0.173. The van der Waals surface area contributed by atoms with Gasteiger partial charge in [0.2, 0.25) is 10.0 Å². The van der Waals surface area contributed by atoms with E-state index in [0.29, 0.717) is 0 Å². The van der Waals surface area contributed by atoms with Crippen LogP contribution in [0.4, 0.5) is 5.69 Å². The summed E-state index contributed by atoms with van der Waals surface area (Å²) in [4.78, 5) is 20.7. The number of sulfonamides is 1. The number of nitrogens with zero attached hydrogens (tertiary/aromatic N) is 1. The first-order valence-electron chi connectivity index (χ1n) is 5.82. The minimum atomic E-state index is -3.95. The van der Waals surface area contributed by atoms with Crippen molar-refractivity contribution in [1.82, 2.24) is 4.72 Å². The smallest absolute Gasteiger partial charge is 0.321 e. The molecule has 0 fully saturated rings. The molecule has 1 unspecified atom stereocenters. The van der Waals surface area contributed by atoms with Gasteiger partial charge in [0.15, 0.2) is 0 Å². The van der Waals surface area contributed by atoms with Crippen LogP contribution < -0.4 is 4.72 Å². The molecule has 1 atom stereocenters. The first-order chi connectivity index (χ1) is 9.75. The zero-order valence-corrected chi connectivity index (χ0v) is 11.6. The van der Waals surface area contributed by atoms with Crippen LogP contribution in [0, 0.1) is 10.1 Å². The standard InChI is InChI=1S/C11H14N2O7S/c14-6-5-10(11(15)16)12-21(19,20)7-8-1-3-9(4-2-8)13(17)18/h1-4,10,12,14H,5-7H2,(H,15,16). The Kier molecular flexibility index (Phi) is 5.76. The predicted molar refractivity (Wildman–Crippen MR) is 72.0 cm³/mol. The van der Waals surface area contributed by atoms with Crippen molar-refractivity contribution >= 4 is 21.7 Å². The van der Waals surface area contributed by atoms with Gasteiger partial charge in [0.25, 0.3) is 5.69 Å². The lowest BCUT2D eigenvalue weighted by Crippen LogP contribution is -2.41. The van der Waals surface area contributed by atoms with Crippen molar-refractivity contribution in [2.75, 3.05) is 6.61 Å². The van der Waals surface area contributed by atoms with Gasteiger partial charge in [0.05, 0.1) is 10.7 Å². The first kappa shape index (κ1) is 17.0. The summed E-state index contributed by atoms with van der Waals surface area (Å²) in [7, 11) is -3.95. The third kappa shape index (κ3) is 5.45. The van der Waals surface area contributed by atoms with Gasteiger partial charge in [0.1, 0.15) is 6.04 Å². The number of aliphatic hydroxyl groups excluding tert-OH is 1. The average Bonchev–Trinajstić information content (AvgIpc) is 2.38. The van der Waals surface area contributed by atoms with E-state index < -0.39 is 39.3 Å². The van der Waals surface area contributed by atoms with Crippen molar-refractivity contribution in [3.05, 3.63) is 39.9 Å². The summed E-state index contributed by atoms with van der Waals surface area (Å²) < 4.78 is 25.6. The maximum Gasteiger partial charge on any atom is 0.321 e. The molecule has 116 valence electrons. The Labute approximate surface area is 120 Å². The fourth-order valence-electron chi connectivity index (χ4n) is 1.55. The molecule has 1 aromatic carbocycles. The Bertz CT molecular complexity index is 612. The molecule has 0 amide bonds. The molecule has 0 bridgehead atoms. The van der Waals surface area contributed by atoms with Gasteiger partial charge in [0, 0.05) is 18.7 Å². The number of hydrogen-bond donors (Lipinski definition) is 3. The van der Waals surface area contributed by atoms with E-state index in [0.717, 1.165) is 12.1 Å². The van der Waals surface area contributed by atoms with Crippen LogP contribution in [0.3, 0.4) is 0 Å². The summed E-state index contributed by atoms with van der Waals surface area (Å²) in [5.41, 5.74) is 0.106. The Morgan fingerprint density at radius 2 is 1.90 bits per heavy atom. The average molecular weight is 318 g/mol. The maximum atomic E-state index is 11.8. The number of carbonyl (C=O) groups is 1. The number of carboxylic acids is 1. The highest BCUT2D eigenvalue weighted by Gasteiger charge is 2.23. The third-order valence-electron chi connectivity index (χ3n) is 2.54. The second-order valence-corrected chi connectivity index (χ2v) is 5.96. The number of aliphatic hydroxyl groups is 1. The quantitative estimate of drug-likeness (QED) is 0.446. The van der Waals surface area contributed by atoms with Crippen LogP contribution in [0.15, 0.2) is 24.3 Å². The highest BCUT2D eigenvalue weighted by atomic mass is 32.2. The number of nitro benzene ring substituents is 1. The lowest BCUT2D eigenvalue weighted by Gasteiger charge is -2.13. The summed E-state index contributed by atoms with van der Waals surface area (Å²) in [6.07, 6.45) is -0.255. The molecule has 1 rings (SSSR count). The molecule has 3 N–H and O–H groups in total. The second kappa shape index (κ2) is 7.11. The number of nitro groups is 1. The molecule has 0 aromatic heterocycles. The van der Waals surface area contributed by atoms with Crippen LogP contribution in [0.5, 0.6) is 0 Å². The Morgan fingerprint density at radius 1 is 1.33 bits per heavy atom. The molecule has 0 radical (unpaired) electrons. The van der Waals surface area contributed by atoms with Gasteiger partial charge in [-0.2, -0.15) is 0 Å². The normalized spacial score (nSPS) is 12.8. The SMILES string of the molecule is O=C(O)C(CCO)NS(=O)(=O)Cc1ccc([N+](=O)[O-])cc1. The maximum absolute atomic E-state index is 11.8. The van der Waals surface area contributed by atoms with Crippen molar-refractivity contribution in [1.29, 1.82) is 0 Å². The van der Waals surface area contributed by atoms with E-state index >= 15 is 0 Å². The van der Waals surface area contributed by atoms with E-state index in [1.54, 1.807) is 0 Å². The van der Waals surface area contributed by atoms with Gasteiger partial charge in [-0.15, -0.1) is 0 Å². The summed E-state index contributed by atoms with van der Waals surface area (Å²) in [5, 5.41) is 28.0. The monoisotopic (exact) mass is 318 g/mol. The van der Waals surface area contributed by atoms with Crippen molar-refractivity contribution in [3.63, 3.8) is 0 Å². The molecule has 10 heteroatoms. The van der Waals surface area contributed by atoms with Crippen molar-refractivity contribution in [2.24, 2.45) is 0 Å². The lowest BCUT2D eigenvalue weighted by molar-refractivity contribution is -0.384. The molecule has 0 saturated heterocycles. The fourth-order valence-corrected chi connectivity index (χ4v) is 2.92. The summed E-state index contributed by atoms with van der Waals surface area (Å²) in [6.45, 7) is -0.475. The van der Waals surface area contributed by atoms with E-state index in [2.05, 4.69) is 0 Å². The summed E-state index contributed by atoms with van der Waals surface area (Å²) >= 11 is 0. The minimum Gasteiger partial charge on any atom is -0.480 e. The number of nitrogens with one attached hydrogen (secondary N) is 1. The Hall–Kier alpha value is -2.04. The molecule has 21 heavy (non-hydrogen) atoms. The predicted octanol–water partition coefficient (Wildman–Crippen LogP) is -0.150. The number of hydrogen-bond acceptors (Lipinski definition) is 6. The third-order valence-corrected chi connectivity index (χ3v) is 3.90. The van der Waals surface area contributed by atoms with Crippen LogP contribution in [0.25, 0.3) is 0 Å². The van der Waals surface area contributed by atoms with Crippen molar-refractivity contribution in [3.8, 4) is 0 Å². The molecule has 0 spiro atoms. The second-order valence-electron chi connectivity index (χ2n) is 4.20. The zero-order chi connectivity index (χ0) is 16.0. The van der Waals surface area contributed by atoms with E-state index in [1.165, 1.54) is 12.1 Å². The van der Waals surface area contributed by atoms with E-state index in [-0.39, 0.29) is 17.7 Å². The van der Waals surface area contributed by atoms with Crippen molar-refractivity contribution < 1.29 is 28.3 Å². The number of benzene rings is 1. The summed E-state index contributed by atoms with van der Waals surface area (Å²) in [6, 6.07) is 3.46. The van der Waals surface area contributed by atoms with Crippen LogP contribution in [0.1, 0.15) is 12.0 Å². The molecule has 0 heterocycles. The number of rotatable bonds is 8. The van der Waals surface area contributed by atoms with Gasteiger partial charge < -0.3 is 10.2 Å². The van der Waals surface area contributed by atoms with Gasteiger partial charge >= 0.3 is 5.97 Å². The van der Waals surface area contributed by atoms with Crippen LogP contribution >= 0.6 is 0 Å². The van der Waals surface area contributed by atoms with Gasteiger partial charge in [-0.1, -0.05) is 12.1 Å². The highest BCUT2D eigenvalue weighted by molar-refractivity contribution is 7.88. The molecular weight excluding hydrogens is 304 g/mol. The molecule has 0 aliphatic carbocycles. The van der Waals surface area contributed by atoms with Crippen molar-refractivity contribution in [2.45, 2.75) is 18.2 Å². The number of carboxylic acid groups (broad SMARTS) is 1. The summed E-state index contributed by atoms with van der Waals surface area (Å²) in [5.74, 6) is -1.91. The topological polar surface area (TPSA) is 147 Å². The largest absolute Gasteiger partial charge is 0.480 e. The fraction of sp³-hybridized carbons (Fsp3) is 0.364. The number of aliphatic carboxylic acids is 1. The Balaban J connectivity index is 2.79. The molecule has 0 saturated carbocycles. The van der Waals surface area contributed by atoms with Gasteiger partial charge in [-0.25, -0.2) is 13.1 Å². The highest BCUT2D eigenvalue weighted by Crippen LogP contribution is 2.14. The molecule has 0 aliphatic heterocycles. The molecular formula is C11H14N2O7S. The molecule has 1 aromatic rings. The molecule has 9 nitrogen and oxygen atoms in total. The van der Waals surface area contributed by atoms with Gasteiger partial charge in [-0.05, 0) is 12.0 Å². The van der Waals surface area contributed by atoms with E-state index in [1.807, 2.05) is 4.72 Å². The number of non-ortho nitro benzene ring substituents is 1. The first-order valence-corrected chi connectivity index (χ1v) is 7.47. The lowest BCUT2D eigenvalue weighted by atomic mass is 10.2. The van der Waals surface area contributed by atoms with Gasteiger partial charge in [-0.3, -0.25) is 14.9 Å². The van der Waals surface area contributed by atoms with Crippen LogP contribution in [0.2, 0.25) is 0 Å². The van der Waals surface area contributed by atoms with Crippen LogP contribution in [-0.2, 0) is 20.6 Å². The van der Waals surface area contributed by atoms with E-state index in [9.17, 15) is 23.3 Å². The van der Waals surface area contributed by atoms with Crippen LogP contribution in [-0.4, -0.2) is 42.2 Å². The zero-order valence-electron chi connectivity index (χ0n) is 10.8. The molecule has 0 aliphatic rings. The Morgan fingerprint density at radius 3 is 2.33 bits per heavy atom. The van der Waals surface area contributed by atoms with E-state index in [4.69, 9.17) is 10.2 Å².